The van der Waals surface area contributed by atoms with Crippen LogP contribution in [0.1, 0.15) is 21.5 Å². The third kappa shape index (κ3) is 4.14. The zero-order valence-corrected chi connectivity index (χ0v) is 14.9. The predicted octanol–water partition coefficient (Wildman–Crippen LogP) is 4.04. The van der Waals surface area contributed by atoms with Gasteiger partial charge in [-0.15, -0.1) is 11.8 Å². The first kappa shape index (κ1) is 16.9. The van der Waals surface area contributed by atoms with Crippen molar-refractivity contribution < 1.29 is 4.79 Å². The Hall–Kier alpha value is -1.90. The molecule has 0 spiro atoms. The standard InChI is InChI=1S/C19H18N2OS2/c20-13-15-5-7-16(8-6-15)14-24-18-4-2-1-3-17(18)19(22)21-9-11-23-12-10-21/h1-8H,9-12,14H2. The third-order valence-electron chi connectivity index (χ3n) is 3.89. The highest BCUT2D eigenvalue weighted by Gasteiger charge is 2.20. The van der Waals surface area contributed by atoms with Gasteiger partial charge < -0.3 is 4.90 Å². The molecule has 122 valence electrons. The van der Waals surface area contributed by atoms with Crippen LogP contribution in [0.15, 0.2) is 53.4 Å². The normalized spacial score (nSPS) is 14.2. The number of nitrogens with zero attached hydrogens (tertiary/aromatic N) is 2. The van der Waals surface area contributed by atoms with Crippen LogP contribution in [0.3, 0.4) is 0 Å². The third-order valence-corrected chi connectivity index (χ3v) is 5.98. The number of carbonyl (C=O) groups is 1. The number of hydrogen-bond donors (Lipinski definition) is 0. The number of rotatable bonds is 4. The number of carbonyl (C=O) groups excluding carboxylic acids is 1. The van der Waals surface area contributed by atoms with E-state index < -0.39 is 0 Å². The van der Waals surface area contributed by atoms with E-state index in [1.165, 1.54) is 0 Å². The van der Waals surface area contributed by atoms with Gasteiger partial charge in [0.15, 0.2) is 0 Å². The van der Waals surface area contributed by atoms with Crippen molar-refractivity contribution in [1.29, 1.82) is 5.26 Å². The van der Waals surface area contributed by atoms with Crippen LogP contribution in [0.5, 0.6) is 0 Å². The van der Waals surface area contributed by atoms with Crippen LogP contribution in [0, 0.1) is 11.3 Å². The van der Waals surface area contributed by atoms with Crippen LogP contribution < -0.4 is 0 Å². The fraction of sp³-hybridized carbons (Fsp3) is 0.263. The largest absolute Gasteiger partial charge is 0.337 e. The molecule has 2 aromatic rings. The lowest BCUT2D eigenvalue weighted by atomic mass is 10.2. The van der Waals surface area contributed by atoms with Gasteiger partial charge in [-0.1, -0.05) is 24.3 Å². The topological polar surface area (TPSA) is 44.1 Å². The molecule has 0 N–H and O–H groups in total. The Kier molecular flexibility index (Phi) is 5.84. The number of nitriles is 1. The smallest absolute Gasteiger partial charge is 0.255 e. The average molecular weight is 355 g/mol. The molecule has 1 saturated heterocycles. The Bertz CT molecular complexity index is 747. The summed E-state index contributed by atoms with van der Waals surface area (Å²) in [6.45, 7) is 1.66. The molecule has 1 heterocycles. The van der Waals surface area contributed by atoms with Gasteiger partial charge >= 0.3 is 0 Å². The van der Waals surface area contributed by atoms with Crippen LogP contribution >= 0.6 is 23.5 Å². The molecule has 1 fully saturated rings. The zero-order valence-electron chi connectivity index (χ0n) is 13.3. The lowest BCUT2D eigenvalue weighted by molar-refractivity contribution is 0.0769. The van der Waals surface area contributed by atoms with Crippen LogP contribution in [0.25, 0.3) is 0 Å². The van der Waals surface area contributed by atoms with Gasteiger partial charge in [-0.2, -0.15) is 17.0 Å². The summed E-state index contributed by atoms with van der Waals surface area (Å²) in [5.74, 6) is 2.96. The molecule has 0 radical (unpaired) electrons. The van der Waals surface area contributed by atoms with E-state index in [0.29, 0.717) is 5.56 Å². The Labute approximate surface area is 151 Å². The maximum atomic E-state index is 12.8. The van der Waals surface area contributed by atoms with Crippen LogP contribution in [-0.4, -0.2) is 35.4 Å². The molecule has 24 heavy (non-hydrogen) atoms. The minimum Gasteiger partial charge on any atom is -0.337 e. The minimum absolute atomic E-state index is 0.137. The lowest BCUT2D eigenvalue weighted by Crippen LogP contribution is -2.38. The number of benzene rings is 2. The van der Waals surface area contributed by atoms with Crippen LogP contribution in [0.2, 0.25) is 0 Å². The van der Waals surface area contributed by atoms with E-state index in [1.807, 2.05) is 65.2 Å². The summed E-state index contributed by atoms with van der Waals surface area (Å²) in [5, 5.41) is 8.86. The van der Waals surface area contributed by atoms with E-state index in [4.69, 9.17) is 5.26 Å². The van der Waals surface area contributed by atoms with Crippen molar-refractivity contribution in [2.75, 3.05) is 24.6 Å². The number of thioether (sulfide) groups is 2. The molecule has 0 saturated carbocycles. The van der Waals surface area contributed by atoms with E-state index in [9.17, 15) is 4.79 Å². The molecule has 3 nitrogen and oxygen atoms in total. The molecule has 0 aliphatic carbocycles. The summed E-state index contributed by atoms with van der Waals surface area (Å²) in [6, 6.07) is 17.6. The molecule has 5 heteroatoms. The molecular formula is C19H18N2OS2. The Morgan fingerprint density at radius 1 is 1.12 bits per heavy atom. The van der Waals surface area contributed by atoms with E-state index >= 15 is 0 Å². The van der Waals surface area contributed by atoms with Gasteiger partial charge in [0.2, 0.25) is 0 Å². The van der Waals surface area contributed by atoms with Crippen molar-refractivity contribution in [1.82, 2.24) is 4.90 Å². The fourth-order valence-corrected chi connectivity index (χ4v) is 4.45. The number of hydrogen-bond acceptors (Lipinski definition) is 4. The predicted molar refractivity (Wildman–Crippen MR) is 100 cm³/mol. The average Bonchev–Trinajstić information content (AvgIpc) is 2.67. The zero-order chi connectivity index (χ0) is 16.8. The summed E-state index contributed by atoms with van der Waals surface area (Å²) in [5.41, 5.74) is 2.61. The van der Waals surface area contributed by atoms with Gasteiger partial charge in [0.1, 0.15) is 0 Å². The first-order chi connectivity index (χ1) is 11.8. The first-order valence-corrected chi connectivity index (χ1v) is 10.00. The molecule has 0 atom stereocenters. The van der Waals surface area contributed by atoms with Crippen molar-refractivity contribution in [3.63, 3.8) is 0 Å². The molecular weight excluding hydrogens is 336 g/mol. The highest BCUT2D eigenvalue weighted by atomic mass is 32.2. The van der Waals surface area contributed by atoms with E-state index in [0.717, 1.165) is 46.4 Å². The second-order valence-corrected chi connectivity index (χ2v) is 7.74. The second kappa shape index (κ2) is 8.27. The minimum atomic E-state index is 0.137. The monoisotopic (exact) mass is 354 g/mol. The van der Waals surface area contributed by atoms with Crippen molar-refractivity contribution in [2.45, 2.75) is 10.6 Å². The summed E-state index contributed by atoms with van der Waals surface area (Å²) in [7, 11) is 0. The fourth-order valence-electron chi connectivity index (χ4n) is 2.54. The molecule has 3 rings (SSSR count). The SMILES string of the molecule is N#Cc1ccc(CSc2ccccc2C(=O)N2CCSCC2)cc1. The Morgan fingerprint density at radius 2 is 1.83 bits per heavy atom. The maximum absolute atomic E-state index is 12.8. The Balaban J connectivity index is 1.71. The molecule has 1 amide bonds. The molecule has 2 aromatic carbocycles. The summed E-state index contributed by atoms with van der Waals surface area (Å²) >= 11 is 3.57. The summed E-state index contributed by atoms with van der Waals surface area (Å²) < 4.78 is 0. The van der Waals surface area contributed by atoms with Crippen molar-refractivity contribution in [3.8, 4) is 6.07 Å². The second-order valence-electron chi connectivity index (χ2n) is 5.50. The van der Waals surface area contributed by atoms with E-state index in [-0.39, 0.29) is 5.91 Å². The lowest BCUT2D eigenvalue weighted by Gasteiger charge is -2.27. The molecule has 0 aromatic heterocycles. The van der Waals surface area contributed by atoms with Gasteiger partial charge in [-0.3, -0.25) is 4.79 Å². The van der Waals surface area contributed by atoms with E-state index in [1.54, 1.807) is 11.8 Å². The molecule has 1 aliphatic rings. The highest BCUT2D eigenvalue weighted by Crippen LogP contribution is 2.28. The van der Waals surface area contributed by atoms with Gasteiger partial charge in [0.05, 0.1) is 17.2 Å². The van der Waals surface area contributed by atoms with Crippen molar-refractivity contribution in [3.05, 3.63) is 65.2 Å². The number of amides is 1. The molecule has 0 unspecified atom stereocenters. The molecule has 1 aliphatic heterocycles. The van der Waals surface area contributed by atoms with Crippen LogP contribution in [0.4, 0.5) is 0 Å². The summed E-state index contributed by atoms with van der Waals surface area (Å²) in [4.78, 5) is 15.8. The van der Waals surface area contributed by atoms with Gasteiger partial charge in [-0.05, 0) is 29.8 Å². The maximum Gasteiger partial charge on any atom is 0.255 e. The van der Waals surface area contributed by atoms with Gasteiger partial charge in [0, 0.05) is 35.2 Å². The van der Waals surface area contributed by atoms with Crippen LogP contribution in [-0.2, 0) is 5.75 Å². The highest BCUT2D eigenvalue weighted by molar-refractivity contribution is 7.99. The summed E-state index contributed by atoms with van der Waals surface area (Å²) in [6.07, 6.45) is 0. The Morgan fingerprint density at radius 3 is 2.54 bits per heavy atom. The molecule has 0 bridgehead atoms. The van der Waals surface area contributed by atoms with Gasteiger partial charge in [0.25, 0.3) is 5.91 Å². The van der Waals surface area contributed by atoms with E-state index in [2.05, 4.69) is 6.07 Å². The van der Waals surface area contributed by atoms with Crippen molar-refractivity contribution in [2.24, 2.45) is 0 Å². The quantitative estimate of drug-likeness (QED) is 0.777. The first-order valence-electron chi connectivity index (χ1n) is 7.86. The van der Waals surface area contributed by atoms with Gasteiger partial charge in [-0.25, -0.2) is 0 Å². The van der Waals surface area contributed by atoms with Crippen molar-refractivity contribution >= 4 is 29.4 Å².